The Morgan fingerprint density at radius 1 is 0.842 bits per heavy atom. The van der Waals surface area contributed by atoms with Gasteiger partial charge in [-0.2, -0.15) is 3.48 Å². The van der Waals surface area contributed by atoms with Gasteiger partial charge in [0.05, 0.1) is 10.4 Å². The number of hydrogen-bond acceptors (Lipinski definition) is 2. The lowest BCUT2D eigenvalue weighted by Gasteiger charge is -2.01. The molecule has 19 heavy (non-hydrogen) atoms. The van der Waals surface area contributed by atoms with Gasteiger partial charge in [0, 0.05) is 11.8 Å². The fourth-order valence-corrected chi connectivity index (χ4v) is 3.16. The first-order valence-electron chi connectivity index (χ1n) is 5.80. The first-order chi connectivity index (χ1) is 9.27. The van der Waals surface area contributed by atoms with Crippen LogP contribution in [0.25, 0.3) is 21.6 Å². The zero-order valence-corrected chi connectivity index (χ0v) is 11.5. The Labute approximate surface area is 119 Å². The minimum absolute atomic E-state index is 0.170. The molecule has 4 heteroatoms. The Kier molecular flexibility index (Phi) is 3.23. The van der Waals surface area contributed by atoms with Crippen LogP contribution in [-0.4, -0.2) is 3.48 Å². The monoisotopic (exact) mass is 287 g/mol. The van der Waals surface area contributed by atoms with Crippen LogP contribution in [0.3, 0.4) is 0 Å². The highest BCUT2D eigenvalue weighted by molar-refractivity contribution is 7.12. The lowest BCUT2D eigenvalue weighted by molar-refractivity contribution is 1.31. The molecule has 0 unspecified atom stereocenters. The number of nitrogens with zero attached hydrogens (tertiary/aromatic N) is 1. The highest BCUT2D eigenvalue weighted by Gasteiger charge is 2.17. The lowest BCUT2D eigenvalue weighted by Crippen LogP contribution is -2.06. The van der Waals surface area contributed by atoms with E-state index in [1.54, 1.807) is 0 Å². The van der Waals surface area contributed by atoms with Crippen molar-refractivity contribution >= 4 is 23.3 Å². The molecule has 0 bridgehead atoms. The van der Waals surface area contributed by atoms with E-state index in [1.807, 2.05) is 60.7 Å². The van der Waals surface area contributed by atoms with Gasteiger partial charge in [-0.1, -0.05) is 60.7 Å². The fourth-order valence-electron chi connectivity index (χ4n) is 2.00. The molecular formula is C15H10ClNOS. The zero-order valence-electron chi connectivity index (χ0n) is 9.92. The summed E-state index contributed by atoms with van der Waals surface area (Å²) in [6, 6.07) is 19.4. The van der Waals surface area contributed by atoms with Crippen LogP contribution in [0.15, 0.2) is 65.5 Å². The second-order valence-electron chi connectivity index (χ2n) is 4.08. The van der Waals surface area contributed by atoms with Crippen molar-refractivity contribution in [2.75, 3.05) is 0 Å². The molecule has 3 rings (SSSR count). The van der Waals surface area contributed by atoms with E-state index < -0.39 is 0 Å². The third-order valence-electron chi connectivity index (χ3n) is 2.87. The molecule has 0 aliphatic carbocycles. The molecule has 1 aromatic heterocycles. The third kappa shape index (κ3) is 2.23. The maximum absolute atomic E-state index is 12.2. The molecule has 2 aromatic carbocycles. The Balaban J connectivity index is 2.28. The van der Waals surface area contributed by atoms with Crippen LogP contribution in [0.2, 0.25) is 0 Å². The van der Waals surface area contributed by atoms with E-state index in [0.29, 0.717) is 5.56 Å². The van der Waals surface area contributed by atoms with Crippen LogP contribution in [0.5, 0.6) is 0 Å². The third-order valence-corrected chi connectivity index (χ3v) is 4.18. The van der Waals surface area contributed by atoms with Crippen molar-refractivity contribution < 1.29 is 0 Å². The van der Waals surface area contributed by atoms with E-state index in [4.69, 9.17) is 11.8 Å². The van der Waals surface area contributed by atoms with Gasteiger partial charge in [-0.25, -0.2) is 0 Å². The molecule has 0 N–H and O–H groups in total. The van der Waals surface area contributed by atoms with E-state index in [9.17, 15) is 4.79 Å². The average Bonchev–Trinajstić information content (AvgIpc) is 2.77. The summed E-state index contributed by atoms with van der Waals surface area (Å²) in [7, 11) is 0. The van der Waals surface area contributed by atoms with Crippen molar-refractivity contribution in [2.45, 2.75) is 0 Å². The summed E-state index contributed by atoms with van der Waals surface area (Å²) in [5.41, 5.74) is 2.38. The van der Waals surface area contributed by atoms with Crippen LogP contribution >= 0.6 is 23.3 Å². The molecule has 0 aliphatic heterocycles. The smallest absolute Gasteiger partial charge is 0.266 e. The summed E-state index contributed by atoms with van der Waals surface area (Å²) in [6.45, 7) is 0. The number of hydrogen-bond donors (Lipinski definition) is 0. The fraction of sp³-hybridized carbons (Fsp3) is 0. The Morgan fingerprint density at radius 2 is 1.37 bits per heavy atom. The molecule has 0 spiro atoms. The second-order valence-corrected chi connectivity index (χ2v) is 5.57. The van der Waals surface area contributed by atoms with E-state index in [2.05, 4.69) is 0 Å². The average molecular weight is 288 g/mol. The summed E-state index contributed by atoms with van der Waals surface area (Å²) in [5, 5.41) is 0. The van der Waals surface area contributed by atoms with Crippen molar-refractivity contribution in [3.05, 3.63) is 71.0 Å². The first kappa shape index (κ1) is 12.2. The van der Waals surface area contributed by atoms with Gasteiger partial charge in [0.25, 0.3) is 5.56 Å². The highest BCUT2D eigenvalue weighted by atomic mass is 35.5. The maximum Gasteiger partial charge on any atom is 0.284 e. The summed E-state index contributed by atoms with van der Waals surface area (Å²) >= 11 is 7.22. The zero-order chi connectivity index (χ0) is 13.2. The normalized spacial score (nSPS) is 10.6. The second kappa shape index (κ2) is 5.03. The predicted octanol–water partition coefficient (Wildman–Crippen LogP) is 4.25. The quantitative estimate of drug-likeness (QED) is 0.691. The van der Waals surface area contributed by atoms with Gasteiger partial charge in [-0.05, 0) is 22.7 Å². The van der Waals surface area contributed by atoms with Gasteiger partial charge in [-0.3, -0.25) is 4.79 Å². The van der Waals surface area contributed by atoms with Gasteiger partial charge in [0.1, 0.15) is 0 Å². The van der Waals surface area contributed by atoms with Crippen molar-refractivity contribution in [1.82, 2.24) is 3.48 Å². The summed E-state index contributed by atoms with van der Waals surface area (Å²) < 4.78 is 1.16. The number of aromatic nitrogens is 1. The SMILES string of the molecule is O=c1c(-c2ccccc2)c(-c2ccccc2)sn1Cl. The molecule has 0 radical (unpaired) electrons. The van der Waals surface area contributed by atoms with Gasteiger partial charge in [0.2, 0.25) is 0 Å². The van der Waals surface area contributed by atoms with Crippen LogP contribution in [0, 0.1) is 0 Å². The molecule has 0 saturated heterocycles. The van der Waals surface area contributed by atoms with Crippen LogP contribution in [0.4, 0.5) is 0 Å². The van der Waals surface area contributed by atoms with Crippen LogP contribution < -0.4 is 5.56 Å². The van der Waals surface area contributed by atoms with Crippen molar-refractivity contribution in [2.24, 2.45) is 0 Å². The lowest BCUT2D eigenvalue weighted by atomic mass is 10.0. The first-order valence-corrected chi connectivity index (χ1v) is 6.92. The van der Waals surface area contributed by atoms with Gasteiger partial charge in [-0.15, -0.1) is 0 Å². The molecule has 0 saturated carbocycles. The Hall–Kier alpha value is -1.84. The number of benzene rings is 2. The van der Waals surface area contributed by atoms with E-state index in [1.165, 1.54) is 11.5 Å². The Bertz CT molecular complexity index is 747. The number of halogens is 1. The summed E-state index contributed by atoms with van der Waals surface area (Å²) in [5.74, 6) is 0. The van der Waals surface area contributed by atoms with Crippen molar-refractivity contribution in [1.29, 1.82) is 0 Å². The molecule has 94 valence electrons. The minimum Gasteiger partial charge on any atom is -0.266 e. The van der Waals surface area contributed by atoms with Crippen molar-refractivity contribution in [3.8, 4) is 21.6 Å². The summed E-state index contributed by atoms with van der Waals surface area (Å²) in [4.78, 5) is 13.1. The number of rotatable bonds is 2. The molecule has 0 atom stereocenters. The van der Waals surface area contributed by atoms with Crippen LogP contribution in [-0.2, 0) is 0 Å². The standard InChI is InChI=1S/C15H10ClNOS/c16-17-15(18)13(11-7-3-1-4-8-11)14(19-17)12-9-5-2-6-10-12/h1-10H. The molecule has 0 fully saturated rings. The van der Waals surface area contributed by atoms with Gasteiger partial charge in [0.15, 0.2) is 0 Å². The molecule has 1 heterocycles. The van der Waals surface area contributed by atoms with Crippen LogP contribution in [0.1, 0.15) is 0 Å². The topological polar surface area (TPSA) is 22.0 Å². The Morgan fingerprint density at radius 3 is 1.95 bits per heavy atom. The van der Waals surface area contributed by atoms with Crippen molar-refractivity contribution in [3.63, 3.8) is 0 Å². The predicted molar refractivity (Wildman–Crippen MR) is 80.7 cm³/mol. The maximum atomic E-state index is 12.2. The molecule has 0 amide bonds. The molecule has 2 nitrogen and oxygen atoms in total. The largest absolute Gasteiger partial charge is 0.284 e. The molecular weight excluding hydrogens is 278 g/mol. The minimum atomic E-state index is -0.170. The van der Waals surface area contributed by atoms with E-state index in [0.717, 1.165) is 19.5 Å². The van der Waals surface area contributed by atoms with E-state index in [-0.39, 0.29) is 5.56 Å². The molecule has 3 aromatic rings. The van der Waals surface area contributed by atoms with Gasteiger partial charge < -0.3 is 0 Å². The summed E-state index contributed by atoms with van der Waals surface area (Å²) in [6.07, 6.45) is 0. The van der Waals surface area contributed by atoms with E-state index >= 15 is 0 Å². The highest BCUT2D eigenvalue weighted by Crippen LogP contribution is 2.33. The molecule has 0 aliphatic rings. The van der Waals surface area contributed by atoms with Gasteiger partial charge >= 0.3 is 0 Å².